The molecule has 0 saturated carbocycles. The van der Waals surface area contributed by atoms with Crippen LogP contribution in [0.3, 0.4) is 0 Å². The number of hydrogen-bond acceptors (Lipinski definition) is 2. The van der Waals surface area contributed by atoms with Gasteiger partial charge in [-0.05, 0) is 12.8 Å². The standard InChI is InChI=1S/C12H20O2/c1-3-5-6-7-8-9-10-11-12(13)14-4-2/h4,9-10H,2-3,5-8,11H2,1H3/b10-9+. The van der Waals surface area contributed by atoms with Crippen molar-refractivity contribution in [2.45, 2.75) is 45.4 Å². The van der Waals surface area contributed by atoms with Gasteiger partial charge in [0.25, 0.3) is 0 Å². The van der Waals surface area contributed by atoms with E-state index in [4.69, 9.17) is 0 Å². The summed E-state index contributed by atoms with van der Waals surface area (Å²) < 4.78 is 4.56. The fourth-order valence-corrected chi connectivity index (χ4v) is 1.13. The topological polar surface area (TPSA) is 26.3 Å². The Morgan fingerprint density at radius 2 is 2.07 bits per heavy atom. The molecular weight excluding hydrogens is 176 g/mol. The van der Waals surface area contributed by atoms with E-state index in [1.54, 1.807) is 0 Å². The fraction of sp³-hybridized carbons (Fsp3) is 0.583. The third-order valence-corrected chi connectivity index (χ3v) is 1.89. The van der Waals surface area contributed by atoms with Crippen LogP contribution in [0.15, 0.2) is 25.0 Å². The molecule has 0 spiro atoms. The van der Waals surface area contributed by atoms with Gasteiger partial charge < -0.3 is 4.74 Å². The lowest BCUT2D eigenvalue weighted by molar-refractivity contribution is -0.136. The molecule has 0 aliphatic carbocycles. The highest BCUT2D eigenvalue weighted by Crippen LogP contribution is 2.03. The highest BCUT2D eigenvalue weighted by atomic mass is 16.5. The molecule has 0 atom stereocenters. The Kier molecular flexibility index (Phi) is 9.28. The molecule has 0 N–H and O–H groups in total. The van der Waals surface area contributed by atoms with Crippen molar-refractivity contribution in [2.75, 3.05) is 0 Å². The monoisotopic (exact) mass is 196 g/mol. The molecule has 0 amide bonds. The van der Waals surface area contributed by atoms with E-state index in [2.05, 4.69) is 18.2 Å². The number of hydrogen-bond donors (Lipinski definition) is 0. The SMILES string of the molecule is C=COC(=O)C/C=C/CCCCCC. The van der Waals surface area contributed by atoms with Crippen molar-refractivity contribution in [1.82, 2.24) is 0 Å². The first-order valence-corrected chi connectivity index (χ1v) is 5.26. The maximum absolute atomic E-state index is 10.8. The number of carbonyl (C=O) groups is 1. The first-order valence-electron chi connectivity index (χ1n) is 5.26. The molecule has 0 bridgehead atoms. The fourth-order valence-electron chi connectivity index (χ4n) is 1.13. The van der Waals surface area contributed by atoms with Crippen LogP contribution in [0.5, 0.6) is 0 Å². The van der Waals surface area contributed by atoms with E-state index in [0.717, 1.165) is 12.7 Å². The molecule has 80 valence electrons. The molecule has 0 radical (unpaired) electrons. The van der Waals surface area contributed by atoms with E-state index in [-0.39, 0.29) is 5.97 Å². The Bertz CT molecular complexity index is 183. The molecule has 0 aromatic heterocycles. The lowest BCUT2D eigenvalue weighted by atomic mass is 10.1. The summed E-state index contributed by atoms with van der Waals surface area (Å²) in [6, 6.07) is 0. The molecule has 2 nitrogen and oxygen atoms in total. The summed E-state index contributed by atoms with van der Waals surface area (Å²) in [5.41, 5.74) is 0. The third kappa shape index (κ3) is 9.04. The van der Waals surface area contributed by atoms with Crippen molar-refractivity contribution in [3.63, 3.8) is 0 Å². The minimum Gasteiger partial charge on any atom is -0.435 e. The molecular formula is C12H20O2. The van der Waals surface area contributed by atoms with Crippen molar-refractivity contribution < 1.29 is 9.53 Å². The molecule has 0 unspecified atom stereocenters. The van der Waals surface area contributed by atoms with Crippen molar-refractivity contribution >= 4 is 5.97 Å². The van der Waals surface area contributed by atoms with E-state index in [1.165, 1.54) is 25.7 Å². The second-order valence-corrected chi connectivity index (χ2v) is 3.18. The summed E-state index contributed by atoms with van der Waals surface area (Å²) in [5, 5.41) is 0. The van der Waals surface area contributed by atoms with Gasteiger partial charge in [-0.3, -0.25) is 4.79 Å². The second kappa shape index (κ2) is 10.0. The Morgan fingerprint density at radius 3 is 2.71 bits per heavy atom. The number of rotatable bonds is 8. The normalized spacial score (nSPS) is 10.4. The van der Waals surface area contributed by atoms with Gasteiger partial charge in [0.05, 0.1) is 12.7 Å². The Balaban J connectivity index is 3.26. The smallest absolute Gasteiger partial charge is 0.314 e. The number of allylic oxidation sites excluding steroid dienone is 1. The van der Waals surface area contributed by atoms with Crippen LogP contribution >= 0.6 is 0 Å². The number of unbranched alkanes of at least 4 members (excludes halogenated alkanes) is 4. The summed E-state index contributed by atoms with van der Waals surface area (Å²) in [7, 11) is 0. The van der Waals surface area contributed by atoms with Crippen LogP contribution in [-0.2, 0) is 9.53 Å². The van der Waals surface area contributed by atoms with E-state index in [0.29, 0.717) is 6.42 Å². The summed E-state index contributed by atoms with van der Waals surface area (Å²) in [6.07, 6.45) is 11.5. The van der Waals surface area contributed by atoms with Crippen LogP contribution < -0.4 is 0 Å². The van der Waals surface area contributed by atoms with Crippen molar-refractivity contribution in [2.24, 2.45) is 0 Å². The van der Waals surface area contributed by atoms with Gasteiger partial charge in [0.2, 0.25) is 0 Å². The van der Waals surface area contributed by atoms with Gasteiger partial charge >= 0.3 is 5.97 Å². The molecule has 0 saturated heterocycles. The highest BCUT2D eigenvalue weighted by Gasteiger charge is 1.94. The Labute approximate surface area is 86.6 Å². The van der Waals surface area contributed by atoms with E-state index in [9.17, 15) is 4.79 Å². The van der Waals surface area contributed by atoms with Crippen LogP contribution in [0, 0.1) is 0 Å². The van der Waals surface area contributed by atoms with Crippen LogP contribution in [0.2, 0.25) is 0 Å². The van der Waals surface area contributed by atoms with Crippen molar-refractivity contribution in [3.05, 3.63) is 25.0 Å². The van der Waals surface area contributed by atoms with Gasteiger partial charge in [0, 0.05) is 0 Å². The summed E-state index contributed by atoms with van der Waals surface area (Å²) >= 11 is 0. The van der Waals surface area contributed by atoms with Gasteiger partial charge in [-0.1, -0.05) is 44.9 Å². The zero-order valence-corrected chi connectivity index (χ0v) is 9.00. The molecule has 0 aromatic carbocycles. The van der Waals surface area contributed by atoms with Gasteiger partial charge in [0.1, 0.15) is 0 Å². The predicted molar refractivity (Wildman–Crippen MR) is 58.8 cm³/mol. The quantitative estimate of drug-likeness (QED) is 0.257. The first kappa shape index (κ1) is 12.9. The van der Waals surface area contributed by atoms with Crippen molar-refractivity contribution in [3.8, 4) is 0 Å². The largest absolute Gasteiger partial charge is 0.435 e. The second-order valence-electron chi connectivity index (χ2n) is 3.18. The maximum atomic E-state index is 10.8. The summed E-state index contributed by atoms with van der Waals surface area (Å²) in [6.45, 7) is 5.51. The predicted octanol–water partition coefficient (Wildman–Crippen LogP) is 3.59. The van der Waals surface area contributed by atoms with Crippen molar-refractivity contribution in [1.29, 1.82) is 0 Å². The van der Waals surface area contributed by atoms with Gasteiger partial charge in [-0.15, -0.1) is 0 Å². The summed E-state index contributed by atoms with van der Waals surface area (Å²) in [5.74, 6) is -0.246. The lowest BCUT2D eigenvalue weighted by Gasteiger charge is -1.95. The summed E-state index contributed by atoms with van der Waals surface area (Å²) in [4.78, 5) is 10.8. The lowest BCUT2D eigenvalue weighted by Crippen LogP contribution is -1.95. The Hall–Kier alpha value is -1.05. The average molecular weight is 196 g/mol. The molecule has 0 aliphatic heterocycles. The van der Waals surface area contributed by atoms with Crippen LogP contribution in [-0.4, -0.2) is 5.97 Å². The highest BCUT2D eigenvalue weighted by molar-refractivity contribution is 5.71. The zero-order chi connectivity index (χ0) is 10.6. The molecule has 0 aliphatic rings. The minimum absolute atomic E-state index is 0.246. The Morgan fingerprint density at radius 1 is 1.29 bits per heavy atom. The number of ether oxygens (including phenoxy) is 1. The molecule has 14 heavy (non-hydrogen) atoms. The average Bonchev–Trinajstić information content (AvgIpc) is 2.17. The molecule has 0 rings (SSSR count). The maximum Gasteiger partial charge on any atom is 0.314 e. The van der Waals surface area contributed by atoms with E-state index in [1.807, 2.05) is 12.2 Å². The van der Waals surface area contributed by atoms with Gasteiger partial charge in [-0.2, -0.15) is 0 Å². The van der Waals surface area contributed by atoms with E-state index >= 15 is 0 Å². The van der Waals surface area contributed by atoms with Crippen LogP contribution in [0.1, 0.15) is 45.4 Å². The molecule has 0 fully saturated rings. The number of carbonyl (C=O) groups excluding carboxylic acids is 1. The zero-order valence-electron chi connectivity index (χ0n) is 9.00. The number of esters is 1. The van der Waals surface area contributed by atoms with Gasteiger partial charge in [0.15, 0.2) is 0 Å². The van der Waals surface area contributed by atoms with Gasteiger partial charge in [-0.25, -0.2) is 0 Å². The minimum atomic E-state index is -0.246. The molecule has 0 aromatic rings. The van der Waals surface area contributed by atoms with E-state index < -0.39 is 0 Å². The van der Waals surface area contributed by atoms with Crippen LogP contribution in [0.4, 0.5) is 0 Å². The third-order valence-electron chi connectivity index (χ3n) is 1.89. The molecule has 0 heterocycles. The first-order chi connectivity index (χ1) is 6.81. The van der Waals surface area contributed by atoms with Crippen LogP contribution in [0.25, 0.3) is 0 Å². The molecule has 2 heteroatoms.